The summed E-state index contributed by atoms with van der Waals surface area (Å²) in [7, 11) is 1.29. The Labute approximate surface area is 141 Å². The number of amides is 1. The predicted octanol–water partition coefficient (Wildman–Crippen LogP) is 1.46. The molecule has 0 radical (unpaired) electrons. The second-order valence-electron chi connectivity index (χ2n) is 4.56. The van der Waals surface area contributed by atoms with E-state index in [0.29, 0.717) is 19.0 Å². The molecule has 0 spiro atoms. The van der Waals surface area contributed by atoms with Gasteiger partial charge >= 0.3 is 5.97 Å². The molecule has 0 aromatic heterocycles. The average molecular weight is 363 g/mol. The lowest BCUT2D eigenvalue weighted by molar-refractivity contribution is -0.140. The molecular formula is C14H16F3N3O3S. The minimum absolute atomic E-state index is 0.153. The highest BCUT2D eigenvalue weighted by molar-refractivity contribution is 7.80. The lowest BCUT2D eigenvalue weighted by Gasteiger charge is -2.11. The SMILES string of the molecule is COC(=O)CCCNC(=S)NCC(=O)Nc1ccc(F)c(F)c1F. The summed E-state index contributed by atoms with van der Waals surface area (Å²) in [6.07, 6.45) is 0.711. The fourth-order valence-electron chi connectivity index (χ4n) is 1.58. The van der Waals surface area contributed by atoms with Crippen LogP contribution in [0.4, 0.5) is 18.9 Å². The molecule has 24 heavy (non-hydrogen) atoms. The number of halogens is 3. The highest BCUT2D eigenvalue weighted by atomic mass is 32.1. The molecule has 0 saturated carbocycles. The molecule has 132 valence electrons. The molecular weight excluding hydrogens is 347 g/mol. The van der Waals surface area contributed by atoms with Crippen molar-refractivity contribution in [2.24, 2.45) is 0 Å². The van der Waals surface area contributed by atoms with E-state index in [1.54, 1.807) is 0 Å². The van der Waals surface area contributed by atoms with E-state index in [1.807, 2.05) is 0 Å². The van der Waals surface area contributed by atoms with Gasteiger partial charge in [-0.05, 0) is 30.8 Å². The average Bonchev–Trinajstić information content (AvgIpc) is 2.57. The van der Waals surface area contributed by atoms with Crippen LogP contribution in [0.25, 0.3) is 0 Å². The number of anilines is 1. The first-order chi connectivity index (χ1) is 11.3. The monoisotopic (exact) mass is 363 g/mol. The Morgan fingerprint density at radius 1 is 1.17 bits per heavy atom. The summed E-state index contributed by atoms with van der Waals surface area (Å²) in [5.74, 6) is -5.53. The number of hydrogen-bond donors (Lipinski definition) is 3. The van der Waals surface area contributed by atoms with Crippen LogP contribution in [0.5, 0.6) is 0 Å². The maximum Gasteiger partial charge on any atom is 0.305 e. The van der Waals surface area contributed by atoms with Crippen LogP contribution in [0, 0.1) is 17.5 Å². The van der Waals surface area contributed by atoms with E-state index in [4.69, 9.17) is 12.2 Å². The van der Waals surface area contributed by atoms with Gasteiger partial charge in [0.2, 0.25) is 5.91 Å². The fraction of sp³-hybridized carbons (Fsp3) is 0.357. The number of methoxy groups -OCH3 is 1. The third kappa shape index (κ3) is 6.41. The Bertz CT molecular complexity index is 629. The van der Waals surface area contributed by atoms with E-state index in [1.165, 1.54) is 7.11 Å². The summed E-state index contributed by atoms with van der Waals surface area (Å²) in [5.41, 5.74) is -0.474. The van der Waals surface area contributed by atoms with Gasteiger partial charge in [0.25, 0.3) is 0 Å². The molecule has 0 aliphatic rings. The number of benzene rings is 1. The Morgan fingerprint density at radius 3 is 2.54 bits per heavy atom. The van der Waals surface area contributed by atoms with Crippen molar-refractivity contribution in [1.29, 1.82) is 0 Å². The summed E-state index contributed by atoms with van der Waals surface area (Å²) < 4.78 is 43.7. The van der Waals surface area contributed by atoms with E-state index in [-0.39, 0.29) is 24.0 Å². The number of rotatable bonds is 7. The van der Waals surface area contributed by atoms with Gasteiger partial charge in [-0.3, -0.25) is 9.59 Å². The molecule has 3 N–H and O–H groups in total. The number of carbonyl (C=O) groups is 2. The molecule has 1 aromatic carbocycles. The fourth-order valence-corrected chi connectivity index (χ4v) is 1.75. The quantitative estimate of drug-likeness (QED) is 0.295. The van der Waals surface area contributed by atoms with Crippen LogP contribution in [-0.4, -0.2) is 37.2 Å². The molecule has 1 aromatic rings. The van der Waals surface area contributed by atoms with E-state index in [0.717, 1.165) is 6.07 Å². The van der Waals surface area contributed by atoms with Gasteiger partial charge in [0.15, 0.2) is 22.6 Å². The standard InChI is InChI=1S/C14H16F3N3O3S/c1-23-11(22)3-2-6-18-14(24)19-7-10(21)20-9-5-4-8(15)12(16)13(9)17/h4-5H,2-3,6-7H2,1H3,(H,20,21)(H2,18,19,24). The van der Waals surface area contributed by atoms with Crippen LogP contribution in [0.1, 0.15) is 12.8 Å². The number of thiocarbonyl (C=S) groups is 1. The third-order valence-electron chi connectivity index (χ3n) is 2.79. The molecule has 0 unspecified atom stereocenters. The molecule has 0 heterocycles. The van der Waals surface area contributed by atoms with Crippen LogP contribution >= 0.6 is 12.2 Å². The minimum Gasteiger partial charge on any atom is -0.469 e. The van der Waals surface area contributed by atoms with Gasteiger partial charge < -0.3 is 20.7 Å². The van der Waals surface area contributed by atoms with E-state index >= 15 is 0 Å². The first-order valence-electron chi connectivity index (χ1n) is 6.87. The predicted molar refractivity (Wildman–Crippen MR) is 84.8 cm³/mol. The van der Waals surface area contributed by atoms with E-state index < -0.39 is 29.0 Å². The minimum atomic E-state index is -1.66. The summed E-state index contributed by atoms with van der Waals surface area (Å²) in [6.45, 7) is 0.0849. The molecule has 0 fully saturated rings. The topological polar surface area (TPSA) is 79.5 Å². The Hall–Kier alpha value is -2.36. The van der Waals surface area contributed by atoms with Crippen molar-refractivity contribution in [3.05, 3.63) is 29.6 Å². The lowest BCUT2D eigenvalue weighted by atomic mass is 10.2. The van der Waals surface area contributed by atoms with Crippen molar-refractivity contribution in [3.63, 3.8) is 0 Å². The normalized spacial score (nSPS) is 10.0. The first kappa shape index (κ1) is 19.7. The van der Waals surface area contributed by atoms with Gasteiger partial charge in [-0.15, -0.1) is 0 Å². The zero-order valence-electron chi connectivity index (χ0n) is 12.8. The molecule has 0 aliphatic carbocycles. The van der Waals surface area contributed by atoms with Crippen molar-refractivity contribution < 1.29 is 27.5 Å². The first-order valence-corrected chi connectivity index (χ1v) is 7.27. The molecule has 1 rings (SSSR count). The Kier molecular flexibility index (Phi) is 7.96. The van der Waals surface area contributed by atoms with Gasteiger partial charge in [0, 0.05) is 13.0 Å². The maximum atomic E-state index is 13.4. The summed E-state index contributed by atoms with van der Waals surface area (Å²) in [6, 6.07) is 1.62. The van der Waals surface area contributed by atoms with Crippen LogP contribution in [0.3, 0.4) is 0 Å². The number of esters is 1. The Morgan fingerprint density at radius 2 is 1.88 bits per heavy atom. The lowest BCUT2D eigenvalue weighted by Crippen LogP contribution is -2.40. The highest BCUT2D eigenvalue weighted by Gasteiger charge is 2.15. The number of carbonyl (C=O) groups excluding carboxylic acids is 2. The smallest absolute Gasteiger partial charge is 0.305 e. The third-order valence-corrected chi connectivity index (χ3v) is 3.08. The summed E-state index contributed by atoms with van der Waals surface area (Å²) >= 11 is 4.91. The number of ether oxygens (including phenoxy) is 1. The van der Waals surface area contributed by atoms with Crippen LogP contribution in [-0.2, 0) is 14.3 Å². The van der Waals surface area contributed by atoms with E-state index in [2.05, 4.69) is 20.7 Å². The second-order valence-corrected chi connectivity index (χ2v) is 4.97. The summed E-state index contributed by atoms with van der Waals surface area (Å²) in [4.78, 5) is 22.5. The van der Waals surface area contributed by atoms with Crippen LogP contribution in [0.2, 0.25) is 0 Å². The van der Waals surface area contributed by atoms with Gasteiger partial charge in [0.05, 0.1) is 19.3 Å². The molecule has 10 heteroatoms. The zero-order valence-corrected chi connectivity index (χ0v) is 13.6. The molecule has 1 amide bonds. The zero-order chi connectivity index (χ0) is 18.1. The van der Waals surface area contributed by atoms with Crippen LogP contribution < -0.4 is 16.0 Å². The van der Waals surface area contributed by atoms with Crippen LogP contribution in [0.15, 0.2) is 12.1 Å². The highest BCUT2D eigenvalue weighted by Crippen LogP contribution is 2.19. The molecule has 0 saturated heterocycles. The molecule has 6 nitrogen and oxygen atoms in total. The van der Waals surface area contributed by atoms with Crippen molar-refractivity contribution >= 4 is 34.9 Å². The molecule has 0 atom stereocenters. The van der Waals surface area contributed by atoms with Gasteiger partial charge in [0.1, 0.15) is 0 Å². The molecule has 0 aliphatic heterocycles. The number of hydrogen-bond acceptors (Lipinski definition) is 4. The van der Waals surface area contributed by atoms with E-state index in [9.17, 15) is 22.8 Å². The number of nitrogens with one attached hydrogen (secondary N) is 3. The van der Waals surface area contributed by atoms with Gasteiger partial charge in [-0.1, -0.05) is 0 Å². The van der Waals surface area contributed by atoms with Crippen molar-refractivity contribution in [1.82, 2.24) is 10.6 Å². The van der Waals surface area contributed by atoms with Crippen molar-refractivity contribution in [3.8, 4) is 0 Å². The van der Waals surface area contributed by atoms with Crippen molar-refractivity contribution in [2.45, 2.75) is 12.8 Å². The van der Waals surface area contributed by atoms with Crippen molar-refractivity contribution in [2.75, 3.05) is 25.5 Å². The van der Waals surface area contributed by atoms with Gasteiger partial charge in [-0.25, -0.2) is 13.2 Å². The van der Waals surface area contributed by atoms with Gasteiger partial charge in [-0.2, -0.15) is 0 Å². The maximum absolute atomic E-state index is 13.4. The second kappa shape index (κ2) is 9.71. The Balaban J connectivity index is 2.32. The molecule has 0 bridgehead atoms. The largest absolute Gasteiger partial charge is 0.469 e. The summed E-state index contributed by atoms with van der Waals surface area (Å²) in [5, 5.41) is 7.56.